The molecule has 8 heteroatoms. The summed E-state index contributed by atoms with van der Waals surface area (Å²) < 4.78 is 19.6. The largest absolute Gasteiger partial charge is 0.463 e. The van der Waals surface area contributed by atoms with E-state index in [1.54, 1.807) is 19.2 Å². The van der Waals surface area contributed by atoms with E-state index in [0.29, 0.717) is 16.0 Å². The van der Waals surface area contributed by atoms with E-state index in [0.717, 1.165) is 35.1 Å². The number of halogens is 2. The minimum Gasteiger partial charge on any atom is -0.463 e. The molecule has 4 rings (SSSR count). The number of amidine groups is 1. The number of allylic oxidation sites excluding steroid dienone is 1. The van der Waals surface area contributed by atoms with Crippen LogP contribution in [0.1, 0.15) is 36.9 Å². The average molecular weight is 464 g/mol. The quantitative estimate of drug-likeness (QED) is 0.616. The van der Waals surface area contributed by atoms with Gasteiger partial charge in [-0.3, -0.25) is 4.99 Å². The molecular formula is C20H19BrFN3O2S. The lowest BCUT2D eigenvalue weighted by molar-refractivity contribution is -0.139. The van der Waals surface area contributed by atoms with Crippen LogP contribution >= 0.6 is 27.3 Å². The van der Waals surface area contributed by atoms with Crippen LogP contribution in [0.4, 0.5) is 4.39 Å². The van der Waals surface area contributed by atoms with Crippen molar-refractivity contribution in [2.24, 2.45) is 10.9 Å². The third kappa shape index (κ3) is 3.39. The van der Waals surface area contributed by atoms with Gasteiger partial charge in [-0.25, -0.2) is 14.2 Å². The molecule has 0 N–H and O–H groups in total. The number of nitrogens with zero attached hydrogens (tertiary/aromatic N) is 3. The molecule has 1 aromatic heterocycles. The third-order valence-electron chi connectivity index (χ3n) is 4.83. The molecular weight excluding hydrogens is 445 g/mol. The molecule has 1 saturated heterocycles. The monoisotopic (exact) mass is 463 g/mol. The van der Waals surface area contributed by atoms with Crippen LogP contribution in [-0.2, 0) is 9.53 Å². The summed E-state index contributed by atoms with van der Waals surface area (Å²) in [4.78, 5) is 24.4. The molecule has 0 amide bonds. The maximum Gasteiger partial charge on any atom is 0.338 e. The summed E-state index contributed by atoms with van der Waals surface area (Å²) in [5, 5.41) is 2.71. The highest BCUT2D eigenvalue weighted by Crippen LogP contribution is 2.43. The highest BCUT2D eigenvalue weighted by molar-refractivity contribution is 9.10. The molecule has 5 nitrogen and oxygen atoms in total. The molecule has 2 aliphatic rings. The number of rotatable bonds is 4. The van der Waals surface area contributed by atoms with Crippen LogP contribution in [0.25, 0.3) is 0 Å². The van der Waals surface area contributed by atoms with Crippen molar-refractivity contribution < 1.29 is 13.9 Å². The molecule has 146 valence electrons. The number of hydrogen-bond acceptors (Lipinski definition) is 6. The first-order valence-electron chi connectivity index (χ1n) is 9.09. The second-order valence-corrected chi connectivity index (χ2v) is 8.61. The Bertz CT molecular complexity index is 974. The van der Waals surface area contributed by atoms with E-state index in [2.05, 4.69) is 32.7 Å². The summed E-state index contributed by atoms with van der Waals surface area (Å²) in [7, 11) is 0. The summed E-state index contributed by atoms with van der Waals surface area (Å²) in [6.07, 6.45) is 2.50. The molecule has 2 atom stereocenters. The summed E-state index contributed by atoms with van der Waals surface area (Å²) >= 11 is 4.95. The van der Waals surface area contributed by atoms with E-state index in [1.165, 1.54) is 23.5 Å². The zero-order chi connectivity index (χ0) is 19.8. The predicted octanol–water partition coefficient (Wildman–Crippen LogP) is 4.71. The summed E-state index contributed by atoms with van der Waals surface area (Å²) in [6.45, 7) is 4.99. The highest BCUT2D eigenvalue weighted by Gasteiger charge is 2.41. The van der Waals surface area contributed by atoms with Crippen molar-refractivity contribution in [1.29, 1.82) is 0 Å². The molecule has 2 aromatic rings. The van der Waals surface area contributed by atoms with Crippen molar-refractivity contribution in [1.82, 2.24) is 9.88 Å². The Balaban J connectivity index is 1.91. The normalized spacial score (nSPS) is 21.6. The topological polar surface area (TPSA) is 54.8 Å². The number of aromatic nitrogens is 1. The number of ether oxygens (including phenoxy) is 1. The Kier molecular flexibility index (Phi) is 5.33. The zero-order valence-electron chi connectivity index (χ0n) is 15.5. The van der Waals surface area contributed by atoms with Crippen LogP contribution in [0, 0.1) is 11.7 Å². The number of carbonyl (C=O) groups excluding carboxylic acids is 1. The van der Waals surface area contributed by atoms with Gasteiger partial charge in [0.25, 0.3) is 0 Å². The molecule has 3 heterocycles. The van der Waals surface area contributed by atoms with Gasteiger partial charge < -0.3 is 9.64 Å². The van der Waals surface area contributed by atoms with Gasteiger partial charge >= 0.3 is 5.97 Å². The average Bonchev–Trinajstić information content (AvgIpc) is 3.29. The fourth-order valence-corrected chi connectivity index (χ4v) is 4.91. The zero-order valence-corrected chi connectivity index (χ0v) is 17.9. The van der Waals surface area contributed by atoms with Crippen molar-refractivity contribution in [3.05, 3.63) is 61.9 Å². The Morgan fingerprint density at radius 2 is 2.29 bits per heavy atom. The number of carbonyl (C=O) groups is 1. The fraction of sp³-hybridized carbons (Fsp3) is 0.350. The summed E-state index contributed by atoms with van der Waals surface area (Å²) in [6, 6.07) is 3.87. The smallest absolute Gasteiger partial charge is 0.338 e. The predicted molar refractivity (Wildman–Crippen MR) is 110 cm³/mol. The second-order valence-electron chi connectivity index (χ2n) is 6.86. The number of aliphatic imine (C=N–C) groups is 1. The van der Waals surface area contributed by atoms with E-state index in [1.807, 2.05) is 5.38 Å². The van der Waals surface area contributed by atoms with Crippen molar-refractivity contribution in [2.45, 2.75) is 26.3 Å². The highest BCUT2D eigenvalue weighted by atomic mass is 79.9. The van der Waals surface area contributed by atoms with Crippen molar-refractivity contribution in [3.63, 3.8) is 0 Å². The summed E-state index contributed by atoms with van der Waals surface area (Å²) in [5.74, 6) is 0.403. The van der Waals surface area contributed by atoms with Gasteiger partial charge in [0.05, 0.1) is 12.2 Å². The first-order valence-corrected chi connectivity index (χ1v) is 10.8. The lowest BCUT2D eigenvalue weighted by Gasteiger charge is -2.32. The van der Waals surface area contributed by atoms with E-state index in [-0.39, 0.29) is 18.4 Å². The molecule has 0 saturated carbocycles. The molecule has 0 radical (unpaired) electrons. The van der Waals surface area contributed by atoms with Crippen molar-refractivity contribution in [3.8, 4) is 0 Å². The van der Waals surface area contributed by atoms with Crippen LogP contribution in [0.2, 0.25) is 0 Å². The van der Waals surface area contributed by atoms with Gasteiger partial charge in [-0.15, -0.1) is 11.3 Å². The maximum absolute atomic E-state index is 13.7. The number of esters is 1. The fourth-order valence-electron chi connectivity index (χ4n) is 3.70. The number of fused-ring (bicyclic) bond motifs is 1. The number of hydrogen-bond donors (Lipinski definition) is 0. The Morgan fingerprint density at radius 3 is 2.96 bits per heavy atom. The van der Waals surface area contributed by atoms with E-state index >= 15 is 0 Å². The van der Waals surface area contributed by atoms with Crippen LogP contribution in [0.5, 0.6) is 0 Å². The summed E-state index contributed by atoms with van der Waals surface area (Å²) in [5.41, 5.74) is 2.18. The minimum atomic E-state index is -0.579. The lowest BCUT2D eigenvalue weighted by atomic mass is 9.94. The minimum absolute atomic E-state index is 0.283. The van der Waals surface area contributed by atoms with Gasteiger partial charge in [0.2, 0.25) is 0 Å². The van der Waals surface area contributed by atoms with Gasteiger partial charge in [0.15, 0.2) is 10.8 Å². The molecule has 28 heavy (non-hydrogen) atoms. The first kappa shape index (κ1) is 19.3. The Morgan fingerprint density at radius 1 is 1.46 bits per heavy atom. The lowest BCUT2D eigenvalue weighted by Crippen LogP contribution is -2.35. The van der Waals surface area contributed by atoms with Crippen molar-refractivity contribution in [2.75, 3.05) is 13.2 Å². The van der Waals surface area contributed by atoms with E-state index < -0.39 is 6.04 Å². The third-order valence-corrected chi connectivity index (χ3v) is 6.29. The number of thiazole rings is 1. The molecule has 0 aliphatic carbocycles. The van der Waals surface area contributed by atoms with E-state index in [9.17, 15) is 9.18 Å². The maximum atomic E-state index is 13.7. The molecule has 0 spiro atoms. The van der Waals surface area contributed by atoms with Gasteiger partial charge in [0, 0.05) is 28.3 Å². The SMILES string of the molecule is CCOC(=O)C1=C2C[C@H](C)CN2C(c2nccs2)=N[C@H]1c1ccc(F)cc1Br. The van der Waals surface area contributed by atoms with Crippen LogP contribution < -0.4 is 0 Å². The second kappa shape index (κ2) is 7.75. The van der Waals surface area contributed by atoms with Crippen LogP contribution in [0.15, 0.2) is 50.5 Å². The molecule has 1 aromatic carbocycles. The molecule has 0 bridgehead atoms. The van der Waals surface area contributed by atoms with Crippen LogP contribution in [0.3, 0.4) is 0 Å². The van der Waals surface area contributed by atoms with Gasteiger partial charge in [0.1, 0.15) is 11.9 Å². The molecule has 2 aliphatic heterocycles. The van der Waals surface area contributed by atoms with Gasteiger partial charge in [-0.1, -0.05) is 28.9 Å². The molecule has 0 unspecified atom stereocenters. The Labute approximate surface area is 175 Å². The Hall–Kier alpha value is -2.06. The van der Waals surface area contributed by atoms with E-state index in [4.69, 9.17) is 9.73 Å². The van der Waals surface area contributed by atoms with Gasteiger partial charge in [-0.05, 0) is 37.0 Å². The number of benzene rings is 1. The first-order chi connectivity index (χ1) is 13.5. The van der Waals surface area contributed by atoms with Crippen molar-refractivity contribution >= 4 is 39.1 Å². The van der Waals surface area contributed by atoms with Crippen LogP contribution in [-0.4, -0.2) is 34.8 Å². The molecule has 1 fully saturated rings. The van der Waals surface area contributed by atoms with Gasteiger partial charge in [-0.2, -0.15) is 0 Å². The standard InChI is InChI=1S/C20H19BrFN3O2S/c1-3-27-20(26)16-15-8-11(2)10-25(15)18(19-23-6-7-28-19)24-17(16)13-5-4-12(22)9-14(13)21/h4-7,9,11,17H,3,8,10H2,1-2H3/t11-,17-/m0/s1.